The molecule has 0 aliphatic carbocycles. The van der Waals surface area contributed by atoms with Crippen molar-refractivity contribution in [2.75, 3.05) is 6.54 Å². The number of carbonyl (C=O) groups excluding carboxylic acids is 1. The molecule has 0 radical (unpaired) electrons. The van der Waals surface area contributed by atoms with E-state index in [2.05, 4.69) is 16.6 Å². The second-order valence-electron chi connectivity index (χ2n) is 3.54. The van der Waals surface area contributed by atoms with E-state index in [1.165, 1.54) is 12.1 Å². The molecule has 0 aliphatic rings. The van der Waals surface area contributed by atoms with E-state index < -0.39 is 5.82 Å². The minimum absolute atomic E-state index is 0.0489. The fraction of sp³-hybridized carbons (Fsp3) is 0.231. The summed E-state index contributed by atoms with van der Waals surface area (Å²) in [5.74, 6) is 1.42. The minimum atomic E-state index is -0.503. The van der Waals surface area contributed by atoms with Gasteiger partial charge in [0, 0.05) is 6.54 Å². The molecule has 5 heteroatoms. The number of carbonyl (C=O) groups is 1. The smallest absolute Gasteiger partial charge is 0.230 e. The molecule has 18 heavy (non-hydrogen) atoms. The quantitative estimate of drug-likeness (QED) is 0.640. The van der Waals surface area contributed by atoms with E-state index in [1.54, 1.807) is 6.07 Å². The van der Waals surface area contributed by atoms with E-state index in [4.69, 9.17) is 18.6 Å². The lowest BCUT2D eigenvalue weighted by Gasteiger charge is -2.07. The van der Waals surface area contributed by atoms with Crippen molar-refractivity contribution in [1.29, 1.82) is 0 Å². The molecule has 94 valence electrons. The molecule has 0 heterocycles. The maximum absolute atomic E-state index is 13.4. The van der Waals surface area contributed by atoms with Gasteiger partial charge in [-0.2, -0.15) is 0 Å². The lowest BCUT2D eigenvalue weighted by atomic mass is 10.1. The van der Waals surface area contributed by atoms with Crippen LogP contribution >= 0.6 is 12.2 Å². The molecule has 0 unspecified atom stereocenters. The Labute approximate surface area is 111 Å². The topological polar surface area (TPSA) is 41.1 Å². The SMILES string of the molecule is C#Cc1ccc(CC(=O)NC(=S)NCC)cc1F. The summed E-state index contributed by atoms with van der Waals surface area (Å²) >= 11 is 4.87. The van der Waals surface area contributed by atoms with E-state index in [-0.39, 0.29) is 23.0 Å². The maximum Gasteiger partial charge on any atom is 0.230 e. The summed E-state index contributed by atoms with van der Waals surface area (Å²) < 4.78 is 13.4. The molecular weight excluding hydrogens is 251 g/mol. The van der Waals surface area contributed by atoms with Crippen molar-refractivity contribution in [3.05, 3.63) is 35.1 Å². The monoisotopic (exact) mass is 264 g/mol. The van der Waals surface area contributed by atoms with Crippen LogP contribution in [0.5, 0.6) is 0 Å². The Balaban J connectivity index is 2.63. The molecule has 1 amide bonds. The Morgan fingerprint density at radius 1 is 1.56 bits per heavy atom. The van der Waals surface area contributed by atoms with E-state index in [9.17, 15) is 9.18 Å². The lowest BCUT2D eigenvalue weighted by Crippen LogP contribution is -2.39. The van der Waals surface area contributed by atoms with Crippen LogP contribution in [0, 0.1) is 18.2 Å². The Morgan fingerprint density at radius 2 is 2.28 bits per heavy atom. The Morgan fingerprint density at radius 3 is 2.83 bits per heavy atom. The standard InChI is InChI=1S/C13H13FN2OS/c1-3-10-6-5-9(7-11(10)14)8-12(17)16-13(18)15-4-2/h1,5-7H,4,8H2,2H3,(H2,15,16,17,18). The highest BCUT2D eigenvalue weighted by atomic mass is 32.1. The first-order valence-electron chi connectivity index (χ1n) is 5.39. The molecule has 0 saturated heterocycles. The van der Waals surface area contributed by atoms with E-state index >= 15 is 0 Å². The summed E-state index contributed by atoms with van der Waals surface area (Å²) in [6.45, 7) is 2.50. The van der Waals surface area contributed by atoms with Crippen molar-refractivity contribution in [2.45, 2.75) is 13.3 Å². The second kappa shape index (κ2) is 6.72. The summed E-state index contributed by atoms with van der Waals surface area (Å²) in [4.78, 5) is 11.6. The minimum Gasteiger partial charge on any atom is -0.363 e. The van der Waals surface area contributed by atoms with Crippen molar-refractivity contribution in [3.8, 4) is 12.3 Å². The molecule has 1 aromatic rings. The van der Waals surface area contributed by atoms with Gasteiger partial charge in [0.05, 0.1) is 12.0 Å². The maximum atomic E-state index is 13.4. The van der Waals surface area contributed by atoms with Crippen LogP contribution in [0.3, 0.4) is 0 Å². The highest BCUT2D eigenvalue weighted by molar-refractivity contribution is 7.80. The van der Waals surface area contributed by atoms with Crippen molar-refractivity contribution < 1.29 is 9.18 Å². The summed E-state index contributed by atoms with van der Waals surface area (Å²) in [5.41, 5.74) is 0.727. The zero-order valence-electron chi connectivity index (χ0n) is 9.92. The highest BCUT2D eigenvalue weighted by Crippen LogP contribution is 2.09. The van der Waals surface area contributed by atoms with Gasteiger partial charge >= 0.3 is 0 Å². The van der Waals surface area contributed by atoms with Gasteiger partial charge in [-0.25, -0.2) is 4.39 Å². The Kier molecular flexibility index (Phi) is 5.28. The third-order valence-corrected chi connectivity index (χ3v) is 2.39. The first-order chi connectivity index (χ1) is 8.56. The van der Waals surface area contributed by atoms with Crippen LogP contribution < -0.4 is 10.6 Å². The largest absolute Gasteiger partial charge is 0.363 e. The van der Waals surface area contributed by atoms with E-state index in [0.717, 1.165) is 0 Å². The normalized spacial score (nSPS) is 9.39. The summed E-state index contributed by atoms with van der Waals surface area (Å²) in [6.07, 6.45) is 5.16. The molecular formula is C13H13FN2OS. The van der Waals surface area contributed by atoms with Gasteiger partial charge in [0.2, 0.25) is 5.91 Å². The molecule has 0 bridgehead atoms. The average molecular weight is 264 g/mol. The summed E-state index contributed by atoms with van der Waals surface area (Å²) in [7, 11) is 0. The number of nitrogens with one attached hydrogen (secondary N) is 2. The third-order valence-electron chi connectivity index (χ3n) is 2.14. The van der Waals surface area contributed by atoms with Crippen LogP contribution in [0.15, 0.2) is 18.2 Å². The number of terminal acetylenes is 1. The van der Waals surface area contributed by atoms with Crippen molar-refractivity contribution in [2.24, 2.45) is 0 Å². The summed E-state index contributed by atoms with van der Waals surface area (Å²) in [5, 5.41) is 5.55. The lowest BCUT2D eigenvalue weighted by molar-refractivity contribution is -0.119. The van der Waals surface area contributed by atoms with Crippen LogP contribution in [0.1, 0.15) is 18.1 Å². The number of hydrogen-bond donors (Lipinski definition) is 2. The molecule has 0 aromatic heterocycles. The van der Waals surface area contributed by atoms with Crippen LogP contribution in [-0.4, -0.2) is 17.6 Å². The average Bonchev–Trinajstić information content (AvgIpc) is 2.29. The van der Waals surface area contributed by atoms with E-state index in [0.29, 0.717) is 12.1 Å². The van der Waals surface area contributed by atoms with Crippen molar-refractivity contribution in [3.63, 3.8) is 0 Å². The molecule has 0 atom stereocenters. The van der Waals surface area contributed by atoms with Crippen molar-refractivity contribution >= 4 is 23.2 Å². The molecule has 0 saturated carbocycles. The zero-order valence-corrected chi connectivity index (χ0v) is 10.7. The number of halogens is 1. The fourth-order valence-corrected chi connectivity index (χ4v) is 1.60. The van der Waals surface area contributed by atoms with Crippen LogP contribution in [0.2, 0.25) is 0 Å². The molecule has 1 aromatic carbocycles. The third kappa shape index (κ3) is 4.15. The van der Waals surface area contributed by atoms with E-state index in [1.807, 2.05) is 6.92 Å². The van der Waals surface area contributed by atoms with Gasteiger partial charge in [0.15, 0.2) is 5.11 Å². The number of rotatable bonds is 3. The molecule has 0 fully saturated rings. The van der Waals surface area contributed by atoms with Gasteiger partial charge in [-0.15, -0.1) is 6.42 Å². The van der Waals surface area contributed by atoms with Gasteiger partial charge in [0.1, 0.15) is 5.82 Å². The predicted molar refractivity (Wildman–Crippen MR) is 72.5 cm³/mol. The predicted octanol–water partition coefficient (Wildman–Crippen LogP) is 1.36. The van der Waals surface area contributed by atoms with Crippen LogP contribution in [-0.2, 0) is 11.2 Å². The van der Waals surface area contributed by atoms with Crippen LogP contribution in [0.25, 0.3) is 0 Å². The first-order valence-corrected chi connectivity index (χ1v) is 5.80. The molecule has 2 N–H and O–H groups in total. The zero-order chi connectivity index (χ0) is 13.5. The highest BCUT2D eigenvalue weighted by Gasteiger charge is 2.07. The fourth-order valence-electron chi connectivity index (χ4n) is 1.35. The second-order valence-corrected chi connectivity index (χ2v) is 3.95. The van der Waals surface area contributed by atoms with Crippen molar-refractivity contribution in [1.82, 2.24) is 10.6 Å². The van der Waals surface area contributed by atoms with Gasteiger partial charge in [-0.3, -0.25) is 4.79 Å². The number of amides is 1. The molecule has 0 spiro atoms. The van der Waals surface area contributed by atoms with Gasteiger partial charge in [-0.05, 0) is 36.8 Å². The first kappa shape index (κ1) is 14.1. The Bertz CT molecular complexity index is 508. The number of hydrogen-bond acceptors (Lipinski definition) is 2. The molecule has 0 aliphatic heterocycles. The number of benzene rings is 1. The van der Waals surface area contributed by atoms with Gasteiger partial charge in [-0.1, -0.05) is 12.0 Å². The van der Waals surface area contributed by atoms with Crippen LogP contribution in [0.4, 0.5) is 4.39 Å². The summed E-state index contributed by atoms with van der Waals surface area (Å²) in [6, 6.07) is 4.35. The number of thiocarbonyl (C=S) groups is 1. The Hall–Kier alpha value is -1.93. The van der Waals surface area contributed by atoms with Gasteiger partial charge < -0.3 is 10.6 Å². The molecule has 3 nitrogen and oxygen atoms in total. The molecule has 1 rings (SSSR count). The van der Waals surface area contributed by atoms with Gasteiger partial charge in [0.25, 0.3) is 0 Å².